The van der Waals surface area contributed by atoms with Crippen LogP contribution in [0.4, 0.5) is 5.82 Å². The van der Waals surface area contributed by atoms with Gasteiger partial charge in [0, 0.05) is 14.1 Å². The number of aromatic nitrogens is 2. The lowest BCUT2D eigenvalue weighted by atomic mass is 10.2. The first-order chi connectivity index (χ1) is 10.9. The molecule has 1 amide bonds. The molecule has 0 saturated carbocycles. The third-order valence-electron chi connectivity index (χ3n) is 3.35. The summed E-state index contributed by atoms with van der Waals surface area (Å²) in [5, 5.41) is 3.85. The van der Waals surface area contributed by atoms with E-state index in [1.54, 1.807) is 27.9 Å². The van der Waals surface area contributed by atoms with Gasteiger partial charge in [-0.25, -0.2) is 14.8 Å². The molecule has 124 valence electrons. The van der Waals surface area contributed by atoms with Crippen LogP contribution in [0, 0.1) is 6.92 Å². The van der Waals surface area contributed by atoms with Crippen LogP contribution in [0.2, 0.25) is 0 Å². The molecule has 0 aliphatic rings. The van der Waals surface area contributed by atoms with Gasteiger partial charge in [0.2, 0.25) is 5.91 Å². The van der Waals surface area contributed by atoms with Crippen LogP contribution in [-0.4, -0.2) is 53.5 Å². The predicted molar refractivity (Wildman–Crippen MR) is 89.9 cm³/mol. The third kappa shape index (κ3) is 3.42. The summed E-state index contributed by atoms with van der Waals surface area (Å²) in [7, 11) is 3.40. The van der Waals surface area contributed by atoms with Crippen LogP contribution < -0.4 is 5.32 Å². The number of carbonyl (C=O) groups excluding carboxylic acids is 2. The van der Waals surface area contributed by atoms with Crippen molar-refractivity contribution < 1.29 is 14.3 Å². The SMILES string of the molecule is CCOC(=O)c1sc2ncnc(N[C@@H](C)C(=O)N(C)C)c2c1C. The Bertz CT molecular complexity index is 742. The van der Waals surface area contributed by atoms with Crippen LogP contribution in [0.15, 0.2) is 6.33 Å². The zero-order chi connectivity index (χ0) is 17.1. The summed E-state index contributed by atoms with van der Waals surface area (Å²) in [6.45, 7) is 5.68. The molecule has 0 saturated heterocycles. The minimum Gasteiger partial charge on any atom is -0.462 e. The number of anilines is 1. The van der Waals surface area contributed by atoms with Gasteiger partial charge >= 0.3 is 5.97 Å². The van der Waals surface area contributed by atoms with E-state index in [-0.39, 0.29) is 11.9 Å². The molecule has 2 rings (SSSR count). The predicted octanol–water partition coefficient (Wildman–Crippen LogP) is 2.07. The van der Waals surface area contributed by atoms with E-state index in [2.05, 4.69) is 15.3 Å². The Kier molecular flexibility index (Phi) is 5.15. The van der Waals surface area contributed by atoms with Gasteiger partial charge < -0.3 is 15.0 Å². The first-order valence-electron chi connectivity index (χ1n) is 7.25. The first-order valence-corrected chi connectivity index (χ1v) is 8.07. The zero-order valence-electron chi connectivity index (χ0n) is 13.8. The third-order valence-corrected chi connectivity index (χ3v) is 4.53. The molecule has 0 bridgehead atoms. The summed E-state index contributed by atoms with van der Waals surface area (Å²) >= 11 is 1.27. The summed E-state index contributed by atoms with van der Waals surface area (Å²) < 4.78 is 5.07. The highest BCUT2D eigenvalue weighted by Crippen LogP contribution is 2.33. The summed E-state index contributed by atoms with van der Waals surface area (Å²) in [4.78, 5) is 35.2. The number of nitrogens with one attached hydrogen (secondary N) is 1. The van der Waals surface area contributed by atoms with Crippen molar-refractivity contribution in [1.29, 1.82) is 0 Å². The average Bonchev–Trinajstić information content (AvgIpc) is 2.85. The minimum atomic E-state index is -0.437. The molecule has 0 unspecified atom stereocenters. The lowest BCUT2D eigenvalue weighted by molar-refractivity contribution is -0.129. The number of carbonyl (C=O) groups is 2. The van der Waals surface area contributed by atoms with Crippen molar-refractivity contribution in [2.24, 2.45) is 0 Å². The van der Waals surface area contributed by atoms with Crippen molar-refractivity contribution in [2.75, 3.05) is 26.0 Å². The van der Waals surface area contributed by atoms with Crippen LogP contribution in [-0.2, 0) is 9.53 Å². The van der Waals surface area contributed by atoms with Crippen molar-refractivity contribution >= 4 is 39.2 Å². The fourth-order valence-corrected chi connectivity index (χ4v) is 3.27. The highest BCUT2D eigenvalue weighted by Gasteiger charge is 2.22. The number of ether oxygens (including phenoxy) is 1. The fourth-order valence-electron chi connectivity index (χ4n) is 2.23. The molecule has 1 atom stereocenters. The van der Waals surface area contributed by atoms with Crippen LogP contribution >= 0.6 is 11.3 Å². The number of hydrogen-bond donors (Lipinski definition) is 1. The number of rotatable bonds is 5. The maximum Gasteiger partial charge on any atom is 0.348 e. The molecule has 0 aliphatic heterocycles. The standard InChI is InChI=1S/C15H20N4O3S/c1-6-22-15(21)11-8(2)10-12(16-7-17-13(10)23-11)18-9(3)14(20)19(4)5/h7,9H,6H2,1-5H3,(H,16,17,18)/t9-/m0/s1. The van der Waals surface area contributed by atoms with Crippen molar-refractivity contribution in [3.05, 3.63) is 16.8 Å². The summed E-state index contributed by atoms with van der Waals surface area (Å²) in [5.74, 6) is 0.119. The van der Waals surface area contributed by atoms with Gasteiger partial charge in [-0.2, -0.15) is 0 Å². The van der Waals surface area contributed by atoms with Gasteiger partial charge in [-0.15, -0.1) is 11.3 Å². The van der Waals surface area contributed by atoms with Crippen molar-refractivity contribution in [3.63, 3.8) is 0 Å². The quantitative estimate of drug-likeness (QED) is 0.842. The number of hydrogen-bond acceptors (Lipinski definition) is 7. The molecule has 2 aromatic heterocycles. The second kappa shape index (κ2) is 6.91. The Morgan fingerprint density at radius 2 is 2.09 bits per heavy atom. The maximum atomic E-state index is 12.0. The smallest absolute Gasteiger partial charge is 0.348 e. The monoisotopic (exact) mass is 336 g/mol. The summed E-state index contributed by atoms with van der Waals surface area (Å²) in [6, 6.07) is -0.437. The van der Waals surface area contributed by atoms with Crippen molar-refractivity contribution in [2.45, 2.75) is 26.8 Å². The number of esters is 1. The van der Waals surface area contributed by atoms with E-state index < -0.39 is 6.04 Å². The largest absolute Gasteiger partial charge is 0.462 e. The Morgan fingerprint density at radius 3 is 2.70 bits per heavy atom. The second-order valence-electron chi connectivity index (χ2n) is 5.28. The number of nitrogens with zero attached hydrogens (tertiary/aromatic N) is 3. The zero-order valence-corrected chi connectivity index (χ0v) is 14.7. The highest BCUT2D eigenvalue weighted by atomic mass is 32.1. The van der Waals surface area contributed by atoms with Gasteiger partial charge in [-0.3, -0.25) is 4.79 Å². The summed E-state index contributed by atoms with van der Waals surface area (Å²) in [6.07, 6.45) is 1.42. The Hall–Kier alpha value is -2.22. The Labute approximate surface area is 138 Å². The molecule has 2 aromatic rings. The highest BCUT2D eigenvalue weighted by molar-refractivity contribution is 7.20. The number of likely N-dealkylation sites (N-methyl/N-ethyl adjacent to an activating group) is 1. The minimum absolute atomic E-state index is 0.0599. The van der Waals surface area contributed by atoms with Gasteiger partial charge in [0.25, 0.3) is 0 Å². The molecule has 1 N–H and O–H groups in total. The maximum absolute atomic E-state index is 12.0. The van der Waals surface area contributed by atoms with Crippen LogP contribution in [0.5, 0.6) is 0 Å². The van der Waals surface area contributed by atoms with E-state index in [0.717, 1.165) is 10.9 Å². The van der Waals surface area contributed by atoms with Gasteiger partial charge in [0.1, 0.15) is 27.9 Å². The lowest BCUT2D eigenvalue weighted by Crippen LogP contribution is -2.36. The average molecular weight is 336 g/mol. The van der Waals surface area contributed by atoms with Gasteiger partial charge in [0.15, 0.2) is 0 Å². The van der Waals surface area contributed by atoms with Gasteiger partial charge in [0.05, 0.1) is 12.0 Å². The first kappa shape index (κ1) is 17.1. The van der Waals surface area contributed by atoms with E-state index in [9.17, 15) is 9.59 Å². The molecule has 0 aromatic carbocycles. The molecule has 8 heteroatoms. The fraction of sp³-hybridized carbons (Fsp3) is 0.467. The molecular weight excluding hydrogens is 316 g/mol. The molecular formula is C15H20N4O3S. The van der Waals surface area contributed by atoms with E-state index in [0.29, 0.717) is 22.1 Å². The molecule has 0 aliphatic carbocycles. The lowest BCUT2D eigenvalue weighted by Gasteiger charge is -2.18. The molecule has 2 heterocycles. The topological polar surface area (TPSA) is 84.4 Å². The second-order valence-corrected chi connectivity index (χ2v) is 6.28. The molecule has 0 radical (unpaired) electrons. The van der Waals surface area contributed by atoms with E-state index in [4.69, 9.17) is 4.74 Å². The van der Waals surface area contributed by atoms with Crippen molar-refractivity contribution in [3.8, 4) is 0 Å². The molecule has 0 fully saturated rings. The van der Waals surface area contributed by atoms with Gasteiger partial charge in [-0.05, 0) is 26.3 Å². The normalized spacial score (nSPS) is 12.0. The van der Waals surface area contributed by atoms with Gasteiger partial charge in [-0.1, -0.05) is 0 Å². The summed E-state index contributed by atoms with van der Waals surface area (Å²) in [5.41, 5.74) is 0.760. The van der Waals surface area contributed by atoms with Crippen molar-refractivity contribution in [1.82, 2.24) is 14.9 Å². The van der Waals surface area contributed by atoms with Crippen LogP contribution in [0.25, 0.3) is 10.2 Å². The number of fused-ring (bicyclic) bond motifs is 1. The number of amides is 1. The molecule has 7 nitrogen and oxygen atoms in total. The van der Waals surface area contributed by atoms with E-state index in [1.165, 1.54) is 22.6 Å². The molecule has 0 spiro atoms. The van der Waals surface area contributed by atoms with Crippen LogP contribution in [0.3, 0.4) is 0 Å². The van der Waals surface area contributed by atoms with Crippen LogP contribution in [0.1, 0.15) is 29.1 Å². The molecule has 23 heavy (non-hydrogen) atoms. The Balaban J connectivity index is 2.42. The van der Waals surface area contributed by atoms with E-state index in [1.807, 2.05) is 6.92 Å². The van der Waals surface area contributed by atoms with E-state index >= 15 is 0 Å². The number of thiophene rings is 1. The Morgan fingerprint density at radius 1 is 1.39 bits per heavy atom. The number of aryl methyl sites for hydroxylation is 1.